The average molecular weight is 156 g/mol. The van der Waals surface area contributed by atoms with Crippen LogP contribution < -0.4 is 0 Å². The van der Waals surface area contributed by atoms with Gasteiger partial charge in [0, 0.05) is 35.1 Å². The Hall–Kier alpha value is -1.24. The van der Waals surface area contributed by atoms with E-state index >= 15 is 0 Å². The van der Waals surface area contributed by atoms with Gasteiger partial charge in [0.1, 0.15) is 0 Å². The lowest BCUT2D eigenvalue weighted by Gasteiger charge is -2.19. The quantitative estimate of drug-likeness (QED) is 0.412. The highest BCUT2D eigenvalue weighted by molar-refractivity contribution is 5.75. The Morgan fingerprint density at radius 2 is 1.36 bits per heavy atom. The molecule has 4 heteroatoms. The summed E-state index contributed by atoms with van der Waals surface area (Å²) in [5, 5.41) is 14.6. The zero-order valence-electron chi connectivity index (χ0n) is 7.84. The molecule has 0 aliphatic heterocycles. The molecule has 0 atom stereocenters. The number of rotatable bonds is 0. The van der Waals surface area contributed by atoms with E-state index in [0.29, 0.717) is 5.96 Å². The lowest BCUT2D eigenvalue weighted by Crippen LogP contribution is -2.34. The van der Waals surface area contributed by atoms with Gasteiger partial charge in [-0.05, 0) is 0 Å². The van der Waals surface area contributed by atoms with Crippen LogP contribution in [0, 0.1) is 16.7 Å². The van der Waals surface area contributed by atoms with Gasteiger partial charge in [-0.1, -0.05) is 0 Å². The van der Waals surface area contributed by atoms with E-state index in [1.807, 2.05) is 28.2 Å². The molecule has 11 heavy (non-hydrogen) atoms. The van der Waals surface area contributed by atoms with E-state index in [1.165, 1.54) is 6.92 Å². The third-order valence-corrected chi connectivity index (χ3v) is 0.847. The zero-order chi connectivity index (χ0) is 9.44. The number of guanidine groups is 1. The summed E-state index contributed by atoms with van der Waals surface area (Å²) in [6.45, 7) is 1.43. The van der Waals surface area contributed by atoms with Crippen LogP contribution in [0.5, 0.6) is 0 Å². The summed E-state index contributed by atoms with van der Waals surface area (Å²) < 4.78 is 0. The van der Waals surface area contributed by atoms with Gasteiger partial charge in [-0.25, -0.2) is 0 Å². The van der Waals surface area contributed by atoms with Gasteiger partial charge in [0.15, 0.2) is 5.96 Å². The standard InChI is InChI=1S/C5H13N3.C2H3N/c1-7(2)5(6)8(3)4;1-2-3/h6H,1-4H3;1H3. The molecule has 0 fully saturated rings. The number of nitrogens with one attached hydrogen (secondary N) is 1. The van der Waals surface area contributed by atoms with Crippen molar-refractivity contribution >= 4 is 5.96 Å². The smallest absolute Gasteiger partial charge is 0.192 e. The molecule has 0 radical (unpaired) electrons. The molecule has 0 amide bonds. The third kappa shape index (κ3) is 8.76. The van der Waals surface area contributed by atoms with Crippen molar-refractivity contribution in [3.63, 3.8) is 0 Å². The maximum atomic E-state index is 7.32. The van der Waals surface area contributed by atoms with E-state index in [4.69, 9.17) is 10.7 Å². The Kier molecular flexibility index (Phi) is 7.77. The monoisotopic (exact) mass is 156 g/mol. The Morgan fingerprint density at radius 3 is 1.36 bits per heavy atom. The van der Waals surface area contributed by atoms with Crippen LogP contribution in [0.25, 0.3) is 0 Å². The average Bonchev–Trinajstić information content (AvgIpc) is 1.87. The maximum Gasteiger partial charge on any atom is 0.192 e. The first-order valence-electron chi connectivity index (χ1n) is 3.21. The number of hydrogen-bond donors (Lipinski definition) is 1. The Morgan fingerprint density at radius 1 is 1.18 bits per heavy atom. The Bertz CT molecular complexity index is 133. The second-order valence-electron chi connectivity index (χ2n) is 2.34. The minimum atomic E-state index is 0.519. The molecule has 0 saturated carbocycles. The Labute approximate surface area is 68.5 Å². The van der Waals surface area contributed by atoms with Gasteiger partial charge < -0.3 is 9.80 Å². The van der Waals surface area contributed by atoms with Gasteiger partial charge in [0.2, 0.25) is 0 Å². The molecule has 0 spiro atoms. The summed E-state index contributed by atoms with van der Waals surface area (Å²) >= 11 is 0. The second kappa shape index (κ2) is 6.87. The second-order valence-corrected chi connectivity index (χ2v) is 2.34. The molecule has 0 unspecified atom stereocenters. The van der Waals surface area contributed by atoms with Crippen molar-refractivity contribution in [1.82, 2.24) is 9.80 Å². The van der Waals surface area contributed by atoms with Crippen LogP contribution in [0.3, 0.4) is 0 Å². The summed E-state index contributed by atoms with van der Waals surface area (Å²) in [6, 6.07) is 1.75. The van der Waals surface area contributed by atoms with Crippen LogP contribution >= 0.6 is 0 Å². The van der Waals surface area contributed by atoms with Crippen molar-refractivity contribution < 1.29 is 0 Å². The highest BCUT2D eigenvalue weighted by Crippen LogP contribution is 1.80. The Balaban J connectivity index is 0. The lowest BCUT2D eigenvalue weighted by atomic mass is 10.7. The molecule has 0 aliphatic carbocycles. The molecule has 1 N–H and O–H groups in total. The molecule has 4 nitrogen and oxygen atoms in total. The summed E-state index contributed by atoms with van der Waals surface area (Å²) in [7, 11) is 7.40. The SMILES string of the molecule is CC#N.CN(C)C(=N)N(C)C. The van der Waals surface area contributed by atoms with Crippen LogP contribution in [-0.2, 0) is 0 Å². The highest BCUT2D eigenvalue weighted by atomic mass is 15.3. The molecule has 0 bridgehead atoms. The van der Waals surface area contributed by atoms with Crippen molar-refractivity contribution in [3.8, 4) is 6.07 Å². The van der Waals surface area contributed by atoms with Gasteiger partial charge in [-0.2, -0.15) is 5.26 Å². The van der Waals surface area contributed by atoms with Crippen LogP contribution in [0.1, 0.15) is 6.92 Å². The summed E-state index contributed by atoms with van der Waals surface area (Å²) in [6.07, 6.45) is 0. The predicted molar refractivity (Wildman–Crippen MR) is 46.4 cm³/mol. The molecule has 0 aromatic rings. The minimum absolute atomic E-state index is 0.519. The predicted octanol–water partition coefficient (Wildman–Crippen LogP) is 0.574. The van der Waals surface area contributed by atoms with Gasteiger partial charge in [-0.3, -0.25) is 5.41 Å². The normalized spacial score (nSPS) is 6.91. The van der Waals surface area contributed by atoms with E-state index in [2.05, 4.69) is 0 Å². The van der Waals surface area contributed by atoms with Crippen molar-refractivity contribution in [2.45, 2.75) is 6.92 Å². The topological polar surface area (TPSA) is 54.1 Å². The van der Waals surface area contributed by atoms with E-state index < -0.39 is 0 Å². The molecule has 0 rings (SSSR count). The number of nitriles is 1. The van der Waals surface area contributed by atoms with Crippen molar-refractivity contribution in [2.24, 2.45) is 0 Å². The molecular formula is C7H16N4. The molecule has 0 aliphatic rings. The van der Waals surface area contributed by atoms with Crippen molar-refractivity contribution in [1.29, 1.82) is 10.7 Å². The third-order valence-electron chi connectivity index (χ3n) is 0.847. The first-order chi connectivity index (χ1) is 4.97. The van der Waals surface area contributed by atoms with Crippen LogP contribution in [0.2, 0.25) is 0 Å². The fourth-order valence-electron chi connectivity index (χ4n) is 0.400. The van der Waals surface area contributed by atoms with E-state index in [-0.39, 0.29) is 0 Å². The highest BCUT2D eigenvalue weighted by Gasteiger charge is 1.97. The van der Waals surface area contributed by atoms with Gasteiger partial charge in [-0.15, -0.1) is 0 Å². The molecule has 0 saturated heterocycles. The molecule has 64 valence electrons. The number of nitrogens with zero attached hydrogens (tertiary/aromatic N) is 3. The summed E-state index contributed by atoms with van der Waals surface area (Å²) in [5.41, 5.74) is 0. The van der Waals surface area contributed by atoms with Crippen LogP contribution in [0.15, 0.2) is 0 Å². The van der Waals surface area contributed by atoms with Crippen molar-refractivity contribution in [3.05, 3.63) is 0 Å². The van der Waals surface area contributed by atoms with Crippen LogP contribution in [0.4, 0.5) is 0 Å². The first-order valence-corrected chi connectivity index (χ1v) is 3.21. The largest absolute Gasteiger partial charge is 0.349 e. The van der Waals surface area contributed by atoms with E-state index in [0.717, 1.165) is 0 Å². The summed E-state index contributed by atoms with van der Waals surface area (Å²) in [5.74, 6) is 0.519. The fraction of sp³-hybridized carbons (Fsp3) is 0.714. The number of hydrogen-bond acceptors (Lipinski definition) is 2. The van der Waals surface area contributed by atoms with Gasteiger partial charge in [0.05, 0.1) is 6.07 Å². The minimum Gasteiger partial charge on any atom is -0.349 e. The van der Waals surface area contributed by atoms with E-state index in [1.54, 1.807) is 15.9 Å². The lowest BCUT2D eigenvalue weighted by molar-refractivity contribution is 0.478. The zero-order valence-corrected chi connectivity index (χ0v) is 7.84. The van der Waals surface area contributed by atoms with Crippen molar-refractivity contribution in [2.75, 3.05) is 28.2 Å². The maximum absolute atomic E-state index is 7.32. The van der Waals surface area contributed by atoms with Gasteiger partial charge in [0.25, 0.3) is 0 Å². The first kappa shape index (κ1) is 12.4. The van der Waals surface area contributed by atoms with E-state index in [9.17, 15) is 0 Å². The van der Waals surface area contributed by atoms with Crippen LogP contribution in [-0.4, -0.2) is 44.0 Å². The fourth-order valence-corrected chi connectivity index (χ4v) is 0.400. The molecule has 0 heterocycles. The molecule has 0 aromatic heterocycles. The molecule has 0 aromatic carbocycles. The van der Waals surface area contributed by atoms with Gasteiger partial charge >= 0.3 is 0 Å². The molecular weight excluding hydrogens is 140 g/mol. The summed E-state index contributed by atoms with van der Waals surface area (Å²) in [4.78, 5) is 3.50.